The topological polar surface area (TPSA) is 38.3 Å². The normalized spacial score (nSPS) is 11.8. The molecule has 0 aromatic heterocycles. The molecule has 0 saturated heterocycles. The van der Waals surface area contributed by atoms with Gasteiger partial charge in [-0.25, -0.2) is 0 Å². The lowest BCUT2D eigenvalue weighted by atomic mass is 10.1. The first-order valence-electron chi connectivity index (χ1n) is 8.40. The highest BCUT2D eigenvalue weighted by Gasteiger charge is 2.13. The van der Waals surface area contributed by atoms with E-state index in [1.165, 1.54) is 5.56 Å². The summed E-state index contributed by atoms with van der Waals surface area (Å²) >= 11 is 1.59. The Hall–Kier alpha value is -1.94. The zero-order valence-corrected chi connectivity index (χ0v) is 15.1. The summed E-state index contributed by atoms with van der Waals surface area (Å²) < 4.78 is 5.43. The summed E-state index contributed by atoms with van der Waals surface area (Å²) in [6.45, 7) is 5.31. The van der Waals surface area contributed by atoms with Crippen LogP contribution in [0.2, 0.25) is 0 Å². The molecule has 4 heteroatoms. The standard InChI is InChI=1S/C20H25NO2S/c1-3-23-18-13-11-17(12-14-18)8-7-15-21-20(22)16(2)24-19-9-5-4-6-10-19/h4-6,9-14,16H,3,7-8,15H2,1-2H3,(H,21,22). The van der Waals surface area contributed by atoms with Gasteiger partial charge in [0.2, 0.25) is 5.91 Å². The second-order valence-corrected chi connectivity index (χ2v) is 6.96. The maximum Gasteiger partial charge on any atom is 0.233 e. The third-order valence-corrected chi connectivity index (χ3v) is 4.71. The van der Waals surface area contributed by atoms with E-state index in [1.54, 1.807) is 11.8 Å². The van der Waals surface area contributed by atoms with E-state index in [0.717, 1.165) is 23.5 Å². The number of carbonyl (C=O) groups excluding carboxylic acids is 1. The molecule has 0 aliphatic carbocycles. The predicted molar refractivity (Wildman–Crippen MR) is 101 cm³/mol. The minimum atomic E-state index is -0.0853. The number of hydrogen-bond donors (Lipinski definition) is 1. The minimum Gasteiger partial charge on any atom is -0.494 e. The molecule has 0 saturated carbocycles. The molecule has 0 spiro atoms. The fraction of sp³-hybridized carbons (Fsp3) is 0.350. The van der Waals surface area contributed by atoms with Crippen molar-refractivity contribution in [2.75, 3.05) is 13.2 Å². The number of aryl methyl sites for hydroxylation is 1. The van der Waals surface area contributed by atoms with Crippen molar-refractivity contribution in [2.24, 2.45) is 0 Å². The van der Waals surface area contributed by atoms with E-state index in [-0.39, 0.29) is 11.2 Å². The van der Waals surface area contributed by atoms with Gasteiger partial charge >= 0.3 is 0 Å². The van der Waals surface area contributed by atoms with Gasteiger partial charge in [0.25, 0.3) is 0 Å². The highest BCUT2D eigenvalue weighted by Crippen LogP contribution is 2.22. The predicted octanol–water partition coefficient (Wildman–Crippen LogP) is 4.31. The van der Waals surface area contributed by atoms with Crippen LogP contribution in [0.3, 0.4) is 0 Å². The van der Waals surface area contributed by atoms with Gasteiger partial charge in [0.1, 0.15) is 5.75 Å². The number of ether oxygens (including phenoxy) is 1. The molecule has 0 aliphatic heterocycles. The molecule has 0 bridgehead atoms. The highest BCUT2D eigenvalue weighted by molar-refractivity contribution is 8.00. The van der Waals surface area contributed by atoms with Crippen molar-refractivity contribution >= 4 is 17.7 Å². The van der Waals surface area contributed by atoms with Crippen molar-refractivity contribution in [3.05, 3.63) is 60.2 Å². The van der Waals surface area contributed by atoms with E-state index < -0.39 is 0 Å². The summed E-state index contributed by atoms with van der Waals surface area (Å²) in [5.41, 5.74) is 1.26. The van der Waals surface area contributed by atoms with E-state index in [4.69, 9.17) is 4.74 Å². The smallest absolute Gasteiger partial charge is 0.233 e. The summed E-state index contributed by atoms with van der Waals surface area (Å²) in [5, 5.41) is 2.93. The SMILES string of the molecule is CCOc1ccc(CCCNC(=O)C(C)Sc2ccccc2)cc1. The molecule has 0 radical (unpaired) electrons. The maximum absolute atomic E-state index is 12.1. The highest BCUT2D eigenvalue weighted by atomic mass is 32.2. The first kappa shape index (κ1) is 18.4. The molecule has 0 heterocycles. The van der Waals surface area contributed by atoms with E-state index in [1.807, 2.05) is 56.3 Å². The van der Waals surface area contributed by atoms with Crippen molar-refractivity contribution in [1.82, 2.24) is 5.32 Å². The number of hydrogen-bond acceptors (Lipinski definition) is 3. The van der Waals surface area contributed by atoms with Crippen LogP contribution in [0, 0.1) is 0 Å². The van der Waals surface area contributed by atoms with Crippen molar-refractivity contribution in [1.29, 1.82) is 0 Å². The minimum absolute atomic E-state index is 0.0853. The molecule has 128 valence electrons. The Morgan fingerprint density at radius 1 is 1.12 bits per heavy atom. The van der Waals surface area contributed by atoms with Crippen molar-refractivity contribution in [3.8, 4) is 5.75 Å². The van der Waals surface area contributed by atoms with Gasteiger partial charge in [-0.2, -0.15) is 0 Å². The second kappa shape index (κ2) is 10.0. The molecule has 1 atom stereocenters. The van der Waals surface area contributed by atoms with Gasteiger partial charge in [-0.3, -0.25) is 4.79 Å². The average Bonchev–Trinajstić information content (AvgIpc) is 2.61. The molecule has 3 nitrogen and oxygen atoms in total. The number of thioether (sulfide) groups is 1. The van der Waals surface area contributed by atoms with Crippen LogP contribution >= 0.6 is 11.8 Å². The van der Waals surface area contributed by atoms with Gasteiger partial charge in [-0.05, 0) is 56.5 Å². The van der Waals surface area contributed by atoms with Crippen molar-refractivity contribution < 1.29 is 9.53 Å². The number of carbonyl (C=O) groups is 1. The van der Waals surface area contributed by atoms with Crippen LogP contribution in [0.1, 0.15) is 25.8 Å². The van der Waals surface area contributed by atoms with Gasteiger partial charge in [-0.1, -0.05) is 30.3 Å². The van der Waals surface area contributed by atoms with Crippen molar-refractivity contribution in [3.63, 3.8) is 0 Å². The summed E-state index contributed by atoms with van der Waals surface area (Å²) in [4.78, 5) is 13.2. The van der Waals surface area contributed by atoms with Gasteiger partial charge in [0.15, 0.2) is 0 Å². The van der Waals surface area contributed by atoms with Crippen LogP contribution in [-0.2, 0) is 11.2 Å². The monoisotopic (exact) mass is 343 g/mol. The molecule has 2 rings (SSSR count). The molecule has 0 aliphatic rings. The third kappa shape index (κ3) is 6.28. The van der Waals surface area contributed by atoms with Crippen molar-refractivity contribution in [2.45, 2.75) is 36.8 Å². The zero-order valence-electron chi connectivity index (χ0n) is 14.3. The molecule has 1 unspecified atom stereocenters. The Kier molecular flexibility index (Phi) is 7.69. The summed E-state index contributed by atoms with van der Waals surface area (Å²) in [6.07, 6.45) is 1.88. The molecule has 24 heavy (non-hydrogen) atoms. The maximum atomic E-state index is 12.1. The lowest BCUT2D eigenvalue weighted by molar-refractivity contribution is -0.120. The number of amides is 1. The Morgan fingerprint density at radius 2 is 1.83 bits per heavy atom. The van der Waals surface area contributed by atoms with Gasteiger partial charge < -0.3 is 10.1 Å². The van der Waals surface area contributed by atoms with Crippen LogP contribution < -0.4 is 10.1 Å². The molecule has 1 amide bonds. The van der Waals surface area contributed by atoms with E-state index in [0.29, 0.717) is 13.2 Å². The lowest BCUT2D eigenvalue weighted by Crippen LogP contribution is -2.31. The summed E-state index contributed by atoms with van der Waals surface area (Å²) in [7, 11) is 0. The zero-order chi connectivity index (χ0) is 17.2. The van der Waals surface area contributed by atoms with E-state index >= 15 is 0 Å². The quantitative estimate of drug-likeness (QED) is 0.544. The lowest BCUT2D eigenvalue weighted by Gasteiger charge is -2.12. The Balaban J connectivity index is 1.66. The number of rotatable bonds is 9. The molecule has 2 aromatic carbocycles. The number of benzene rings is 2. The molecule has 0 fully saturated rings. The largest absolute Gasteiger partial charge is 0.494 e. The Labute approximate surface area is 148 Å². The summed E-state index contributed by atoms with van der Waals surface area (Å²) in [6, 6.07) is 18.2. The fourth-order valence-electron chi connectivity index (χ4n) is 2.32. The third-order valence-electron chi connectivity index (χ3n) is 3.60. The number of nitrogens with one attached hydrogen (secondary N) is 1. The van der Waals surface area contributed by atoms with Gasteiger partial charge in [-0.15, -0.1) is 11.8 Å². The molecule has 1 N–H and O–H groups in total. The van der Waals surface area contributed by atoms with Crippen LogP contribution in [0.4, 0.5) is 0 Å². The van der Waals surface area contributed by atoms with Crippen LogP contribution in [-0.4, -0.2) is 24.3 Å². The van der Waals surface area contributed by atoms with E-state index in [9.17, 15) is 4.79 Å². The van der Waals surface area contributed by atoms with Crippen LogP contribution in [0.5, 0.6) is 5.75 Å². The van der Waals surface area contributed by atoms with Crippen LogP contribution in [0.25, 0.3) is 0 Å². The molecule has 2 aromatic rings. The van der Waals surface area contributed by atoms with Gasteiger partial charge in [0, 0.05) is 11.4 Å². The second-order valence-electron chi connectivity index (χ2n) is 5.54. The molecular weight excluding hydrogens is 318 g/mol. The van der Waals surface area contributed by atoms with E-state index in [2.05, 4.69) is 17.4 Å². The summed E-state index contributed by atoms with van der Waals surface area (Å²) in [5.74, 6) is 0.997. The first-order chi connectivity index (χ1) is 11.7. The first-order valence-corrected chi connectivity index (χ1v) is 9.28. The fourth-order valence-corrected chi connectivity index (χ4v) is 3.24. The Bertz CT molecular complexity index is 613. The van der Waals surface area contributed by atoms with Crippen LogP contribution in [0.15, 0.2) is 59.5 Å². The van der Waals surface area contributed by atoms with Gasteiger partial charge in [0.05, 0.1) is 11.9 Å². The Morgan fingerprint density at radius 3 is 2.50 bits per heavy atom. The average molecular weight is 343 g/mol. The molecular formula is C20H25NO2S.